The van der Waals surface area contributed by atoms with Crippen molar-refractivity contribution in [2.24, 2.45) is 0 Å². The first-order valence-electron chi connectivity index (χ1n) is 7.31. The van der Waals surface area contributed by atoms with Crippen LogP contribution in [0, 0.1) is 0 Å². The standard InChI is InChI=1S/C17H12F3N3O3/c1-26-12-5-2-10(3-6-12)13-8-14(17(18,19)20)23(22-13)15-7-4-11(9-21-15)16(24)25/h2-9H,1H3,(H,24,25). The average Bonchev–Trinajstić information content (AvgIpc) is 3.07. The number of hydrogen-bond donors (Lipinski definition) is 1. The number of carbonyl (C=O) groups is 1. The highest BCUT2D eigenvalue weighted by Crippen LogP contribution is 2.34. The molecule has 2 aromatic heterocycles. The van der Waals surface area contributed by atoms with Crippen LogP contribution in [0.15, 0.2) is 48.7 Å². The van der Waals surface area contributed by atoms with Crippen LogP contribution in [-0.2, 0) is 6.18 Å². The molecule has 1 N–H and O–H groups in total. The third-order valence-corrected chi connectivity index (χ3v) is 3.60. The summed E-state index contributed by atoms with van der Waals surface area (Å²) in [7, 11) is 1.48. The monoisotopic (exact) mass is 363 g/mol. The minimum atomic E-state index is -4.66. The molecular formula is C17H12F3N3O3. The number of alkyl halides is 3. The largest absolute Gasteiger partial charge is 0.497 e. The van der Waals surface area contributed by atoms with Gasteiger partial charge in [0.15, 0.2) is 11.5 Å². The first kappa shape index (κ1) is 17.5. The SMILES string of the molecule is COc1ccc(-c2cc(C(F)(F)F)n(-c3ccc(C(=O)O)cn3)n2)cc1. The highest BCUT2D eigenvalue weighted by atomic mass is 19.4. The molecule has 0 unspecified atom stereocenters. The van der Waals surface area contributed by atoms with Crippen molar-refractivity contribution in [1.29, 1.82) is 0 Å². The Morgan fingerprint density at radius 1 is 1.15 bits per heavy atom. The van der Waals surface area contributed by atoms with Crippen LogP contribution in [0.3, 0.4) is 0 Å². The van der Waals surface area contributed by atoms with Crippen LogP contribution >= 0.6 is 0 Å². The lowest BCUT2D eigenvalue weighted by Gasteiger charge is -2.09. The predicted octanol–water partition coefficient (Wildman–Crippen LogP) is 3.66. The maximum atomic E-state index is 13.4. The van der Waals surface area contributed by atoms with Crippen LogP contribution in [0.2, 0.25) is 0 Å². The number of halogens is 3. The zero-order chi connectivity index (χ0) is 18.9. The van der Waals surface area contributed by atoms with E-state index in [2.05, 4.69) is 10.1 Å². The van der Waals surface area contributed by atoms with Crippen molar-refractivity contribution >= 4 is 5.97 Å². The van der Waals surface area contributed by atoms with Crippen molar-refractivity contribution in [2.75, 3.05) is 7.11 Å². The van der Waals surface area contributed by atoms with E-state index in [9.17, 15) is 18.0 Å². The summed E-state index contributed by atoms with van der Waals surface area (Å²) in [4.78, 5) is 14.6. The third-order valence-electron chi connectivity index (χ3n) is 3.60. The molecule has 9 heteroatoms. The Kier molecular flexibility index (Phi) is 4.37. The fourth-order valence-corrected chi connectivity index (χ4v) is 2.30. The van der Waals surface area contributed by atoms with Gasteiger partial charge in [0.1, 0.15) is 5.75 Å². The molecule has 0 amide bonds. The average molecular weight is 363 g/mol. The van der Waals surface area contributed by atoms with Crippen molar-refractivity contribution in [3.63, 3.8) is 0 Å². The van der Waals surface area contributed by atoms with E-state index < -0.39 is 17.8 Å². The number of methoxy groups -OCH3 is 1. The molecule has 0 saturated carbocycles. The number of benzene rings is 1. The molecule has 6 nitrogen and oxygen atoms in total. The molecule has 3 rings (SSSR count). The van der Waals surface area contributed by atoms with Crippen molar-refractivity contribution in [3.05, 3.63) is 59.9 Å². The van der Waals surface area contributed by atoms with Gasteiger partial charge in [0.05, 0.1) is 18.4 Å². The number of ether oxygens (including phenoxy) is 1. The molecule has 0 fully saturated rings. The Labute approximate surface area is 145 Å². The molecule has 2 heterocycles. The second-order valence-corrected chi connectivity index (χ2v) is 5.26. The highest BCUT2D eigenvalue weighted by Gasteiger charge is 2.36. The summed E-state index contributed by atoms with van der Waals surface area (Å²) in [6, 6.07) is 9.65. The number of hydrogen-bond acceptors (Lipinski definition) is 4. The molecule has 0 radical (unpaired) electrons. The van der Waals surface area contributed by atoms with Gasteiger partial charge >= 0.3 is 12.1 Å². The molecular weight excluding hydrogens is 351 g/mol. The van der Waals surface area contributed by atoms with Crippen LogP contribution in [-0.4, -0.2) is 33.0 Å². The summed E-state index contributed by atoms with van der Waals surface area (Å²) in [5.74, 6) is -0.795. The van der Waals surface area contributed by atoms with Gasteiger partial charge in [0.2, 0.25) is 0 Å². The van der Waals surface area contributed by atoms with Crippen molar-refractivity contribution in [1.82, 2.24) is 14.8 Å². The summed E-state index contributed by atoms with van der Waals surface area (Å²) in [5, 5.41) is 12.9. The van der Waals surface area contributed by atoms with Crippen LogP contribution in [0.4, 0.5) is 13.2 Å². The number of carboxylic acids is 1. The van der Waals surface area contributed by atoms with E-state index in [-0.39, 0.29) is 17.1 Å². The Morgan fingerprint density at radius 3 is 2.35 bits per heavy atom. The molecule has 26 heavy (non-hydrogen) atoms. The van der Waals surface area contributed by atoms with Crippen LogP contribution < -0.4 is 4.74 Å². The lowest BCUT2D eigenvalue weighted by atomic mass is 10.1. The van der Waals surface area contributed by atoms with Crippen molar-refractivity contribution < 1.29 is 27.8 Å². The zero-order valence-corrected chi connectivity index (χ0v) is 13.4. The highest BCUT2D eigenvalue weighted by molar-refractivity contribution is 5.87. The van der Waals surface area contributed by atoms with Gasteiger partial charge in [-0.2, -0.15) is 18.3 Å². The molecule has 0 spiro atoms. The Balaban J connectivity index is 2.08. The number of carboxylic acid groups (broad SMARTS) is 1. The van der Waals surface area contributed by atoms with E-state index >= 15 is 0 Å². The fourth-order valence-electron chi connectivity index (χ4n) is 2.30. The summed E-state index contributed by atoms with van der Waals surface area (Å²) in [6.07, 6.45) is -3.68. The second kappa shape index (κ2) is 6.51. The topological polar surface area (TPSA) is 77.2 Å². The summed E-state index contributed by atoms with van der Waals surface area (Å²) >= 11 is 0. The molecule has 0 bridgehead atoms. The number of aromatic nitrogens is 3. The zero-order valence-electron chi connectivity index (χ0n) is 13.4. The van der Waals surface area contributed by atoms with E-state index in [0.29, 0.717) is 16.0 Å². The molecule has 0 aliphatic rings. The molecule has 0 atom stereocenters. The quantitative estimate of drug-likeness (QED) is 0.765. The lowest BCUT2D eigenvalue weighted by Crippen LogP contribution is -2.14. The maximum Gasteiger partial charge on any atom is 0.433 e. The van der Waals surface area contributed by atoms with E-state index in [1.54, 1.807) is 24.3 Å². The van der Waals surface area contributed by atoms with Gasteiger partial charge in [0.25, 0.3) is 0 Å². The van der Waals surface area contributed by atoms with Gasteiger partial charge in [-0.05, 0) is 42.5 Å². The summed E-state index contributed by atoms with van der Waals surface area (Å²) in [5.41, 5.74) is -0.579. The molecule has 0 aliphatic carbocycles. The number of pyridine rings is 1. The smallest absolute Gasteiger partial charge is 0.433 e. The number of nitrogens with zero attached hydrogens (tertiary/aromatic N) is 3. The minimum Gasteiger partial charge on any atom is -0.497 e. The van der Waals surface area contributed by atoms with Crippen molar-refractivity contribution in [2.45, 2.75) is 6.18 Å². The Hall–Kier alpha value is -3.36. The van der Waals surface area contributed by atoms with Crippen LogP contribution in [0.25, 0.3) is 17.1 Å². The van der Waals surface area contributed by atoms with Crippen molar-refractivity contribution in [3.8, 4) is 22.8 Å². The van der Waals surface area contributed by atoms with Gasteiger partial charge in [0, 0.05) is 11.8 Å². The van der Waals surface area contributed by atoms with Gasteiger partial charge in [-0.3, -0.25) is 0 Å². The lowest BCUT2D eigenvalue weighted by molar-refractivity contribution is -0.142. The number of aromatic carboxylic acids is 1. The predicted molar refractivity (Wildman–Crippen MR) is 85.3 cm³/mol. The molecule has 1 aromatic carbocycles. The Morgan fingerprint density at radius 2 is 1.85 bits per heavy atom. The van der Waals surface area contributed by atoms with Crippen LogP contribution in [0.5, 0.6) is 5.75 Å². The van der Waals surface area contributed by atoms with Gasteiger partial charge in [-0.15, -0.1) is 0 Å². The fraction of sp³-hybridized carbons (Fsp3) is 0.118. The Bertz CT molecular complexity index is 933. The first-order valence-corrected chi connectivity index (χ1v) is 7.31. The van der Waals surface area contributed by atoms with E-state index in [1.807, 2.05) is 0 Å². The molecule has 0 saturated heterocycles. The third kappa shape index (κ3) is 3.37. The van der Waals surface area contributed by atoms with Gasteiger partial charge < -0.3 is 9.84 Å². The summed E-state index contributed by atoms with van der Waals surface area (Å²) < 4.78 is 45.8. The van der Waals surface area contributed by atoms with E-state index in [4.69, 9.17) is 9.84 Å². The second-order valence-electron chi connectivity index (χ2n) is 5.26. The maximum absolute atomic E-state index is 13.4. The van der Waals surface area contributed by atoms with Crippen LogP contribution in [0.1, 0.15) is 16.1 Å². The van der Waals surface area contributed by atoms with Gasteiger partial charge in [-0.25, -0.2) is 14.5 Å². The summed E-state index contributed by atoms with van der Waals surface area (Å²) in [6.45, 7) is 0. The molecule has 3 aromatic rings. The minimum absolute atomic E-state index is 0.101. The first-order chi connectivity index (χ1) is 12.3. The molecule has 134 valence electrons. The normalized spacial score (nSPS) is 11.4. The number of rotatable bonds is 4. The van der Waals surface area contributed by atoms with Gasteiger partial charge in [-0.1, -0.05) is 0 Å². The van der Waals surface area contributed by atoms with E-state index in [1.165, 1.54) is 19.2 Å². The molecule has 0 aliphatic heterocycles. The van der Waals surface area contributed by atoms with E-state index in [0.717, 1.165) is 12.3 Å².